The van der Waals surface area contributed by atoms with E-state index < -0.39 is 21.8 Å². The fourth-order valence-corrected chi connectivity index (χ4v) is 3.28. The molecule has 2 aromatic rings. The van der Waals surface area contributed by atoms with Gasteiger partial charge in [0.05, 0.1) is 10.9 Å². The Hall–Kier alpha value is -2.49. The zero-order chi connectivity index (χ0) is 16.9. The summed E-state index contributed by atoms with van der Waals surface area (Å²) in [5, 5.41) is 8.85. The lowest BCUT2D eigenvalue weighted by atomic mass is 10.0. The third kappa shape index (κ3) is 4.49. The molecule has 1 unspecified atom stereocenters. The molecule has 1 N–H and O–H groups in total. The van der Waals surface area contributed by atoms with Crippen LogP contribution in [0.3, 0.4) is 0 Å². The van der Waals surface area contributed by atoms with Crippen LogP contribution in [0, 0.1) is 18.3 Å². The highest BCUT2D eigenvalue weighted by Crippen LogP contribution is 2.12. The van der Waals surface area contributed by atoms with E-state index in [4.69, 9.17) is 5.26 Å². The molecule has 6 heteroatoms. The highest BCUT2D eigenvalue weighted by atomic mass is 32.2. The molecule has 0 heterocycles. The number of carbonyl (C=O) groups excluding carboxylic acids is 1. The van der Waals surface area contributed by atoms with Gasteiger partial charge in [0.15, 0.2) is 0 Å². The van der Waals surface area contributed by atoms with Gasteiger partial charge >= 0.3 is 0 Å². The molecule has 0 amide bonds. The molecule has 2 rings (SSSR count). The Morgan fingerprint density at radius 2 is 1.74 bits per heavy atom. The van der Waals surface area contributed by atoms with Crippen molar-refractivity contribution in [2.24, 2.45) is 0 Å². The van der Waals surface area contributed by atoms with Gasteiger partial charge in [-0.1, -0.05) is 48.0 Å². The first-order chi connectivity index (χ1) is 10.9. The van der Waals surface area contributed by atoms with Gasteiger partial charge in [0.1, 0.15) is 6.07 Å². The summed E-state index contributed by atoms with van der Waals surface area (Å²) in [6.45, 7) is 1.85. The van der Waals surface area contributed by atoms with Crippen LogP contribution in [-0.4, -0.2) is 20.2 Å². The highest BCUT2D eigenvalue weighted by molar-refractivity contribution is 7.89. The molecule has 0 aromatic heterocycles. The van der Waals surface area contributed by atoms with Crippen LogP contribution in [0.25, 0.3) is 0 Å². The zero-order valence-corrected chi connectivity index (χ0v) is 13.4. The van der Waals surface area contributed by atoms with Gasteiger partial charge in [0.2, 0.25) is 15.8 Å². The van der Waals surface area contributed by atoms with Gasteiger partial charge in [-0.25, -0.2) is 8.42 Å². The van der Waals surface area contributed by atoms with Gasteiger partial charge < -0.3 is 0 Å². The number of sulfonamides is 1. The Balaban J connectivity index is 2.25. The third-order valence-corrected chi connectivity index (χ3v) is 4.83. The number of hydrogen-bond acceptors (Lipinski definition) is 4. The first kappa shape index (κ1) is 16.9. The second-order valence-corrected chi connectivity index (χ2v) is 6.87. The molecule has 118 valence electrons. The number of rotatable bonds is 6. The van der Waals surface area contributed by atoms with E-state index in [9.17, 15) is 13.2 Å². The van der Waals surface area contributed by atoms with Crippen molar-refractivity contribution in [1.82, 2.24) is 4.72 Å². The quantitative estimate of drug-likeness (QED) is 0.821. The van der Waals surface area contributed by atoms with Crippen molar-refractivity contribution >= 4 is 15.8 Å². The smallest absolute Gasteiger partial charge is 0.250 e. The average molecular weight is 328 g/mol. The van der Waals surface area contributed by atoms with Crippen LogP contribution >= 0.6 is 0 Å². The standard InChI is InChI=1S/C17H16N2O3S/c1-13-7-9-15(10-8-13)23(21,22)19-16(17(20)12-18)11-14-5-3-2-4-6-14/h2-10,16,19H,11H2,1H3. The maximum absolute atomic E-state index is 12.4. The predicted octanol–water partition coefficient (Wildman–Crippen LogP) is 1.98. The molecule has 0 saturated heterocycles. The zero-order valence-electron chi connectivity index (χ0n) is 12.6. The number of aryl methyl sites for hydroxylation is 1. The molecule has 0 aliphatic heterocycles. The van der Waals surface area contributed by atoms with E-state index in [0.717, 1.165) is 11.1 Å². The Morgan fingerprint density at radius 3 is 2.30 bits per heavy atom. The topological polar surface area (TPSA) is 87.0 Å². The minimum absolute atomic E-state index is 0.0619. The minimum Gasteiger partial charge on any atom is -0.281 e. The normalized spacial score (nSPS) is 12.3. The molecule has 0 aliphatic rings. The SMILES string of the molecule is Cc1ccc(S(=O)(=O)NC(Cc2ccccc2)C(=O)C#N)cc1. The molecule has 0 aliphatic carbocycles. The number of benzene rings is 2. The van der Waals surface area contributed by atoms with Gasteiger partial charge in [0.25, 0.3) is 0 Å². The van der Waals surface area contributed by atoms with Gasteiger partial charge in [0, 0.05) is 0 Å². The monoisotopic (exact) mass is 328 g/mol. The lowest BCUT2D eigenvalue weighted by Crippen LogP contribution is -2.41. The van der Waals surface area contributed by atoms with Crippen LogP contribution in [0.15, 0.2) is 59.5 Å². The van der Waals surface area contributed by atoms with Crippen molar-refractivity contribution in [1.29, 1.82) is 5.26 Å². The van der Waals surface area contributed by atoms with Crippen molar-refractivity contribution in [2.75, 3.05) is 0 Å². The molecule has 2 aromatic carbocycles. The Bertz CT molecular complexity index is 822. The molecular weight excluding hydrogens is 312 g/mol. The van der Waals surface area contributed by atoms with Gasteiger partial charge in [-0.05, 0) is 31.0 Å². The Labute approximate surface area is 135 Å². The fourth-order valence-electron chi connectivity index (χ4n) is 2.09. The van der Waals surface area contributed by atoms with Crippen LogP contribution in [0.1, 0.15) is 11.1 Å². The summed E-state index contributed by atoms with van der Waals surface area (Å²) in [6, 6.07) is 15.6. The number of nitrogens with one attached hydrogen (secondary N) is 1. The lowest BCUT2D eigenvalue weighted by Gasteiger charge is -2.15. The summed E-state index contributed by atoms with van der Waals surface area (Å²) in [5.41, 5.74) is 1.70. The summed E-state index contributed by atoms with van der Waals surface area (Å²) < 4.78 is 27.1. The third-order valence-electron chi connectivity index (χ3n) is 3.34. The summed E-state index contributed by atoms with van der Waals surface area (Å²) in [7, 11) is -3.87. The van der Waals surface area contributed by atoms with E-state index >= 15 is 0 Å². The van der Waals surface area contributed by atoms with Crippen molar-refractivity contribution in [3.8, 4) is 6.07 Å². The van der Waals surface area contributed by atoms with Gasteiger partial charge in [-0.3, -0.25) is 4.79 Å². The fraction of sp³-hybridized carbons (Fsp3) is 0.176. The van der Waals surface area contributed by atoms with Crippen LogP contribution in [0.4, 0.5) is 0 Å². The van der Waals surface area contributed by atoms with E-state index in [1.54, 1.807) is 36.4 Å². The summed E-state index contributed by atoms with van der Waals surface area (Å²) in [4.78, 5) is 11.9. The summed E-state index contributed by atoms with van der Waals surface area (Å²) >= 11 is 0. The van der Waals surface area contributed by atoms with E-state index in [0.29, 0.717) is 0 Å². The van der Waals surface area contributed by atoms with E-state index in [1.165, 1.54) is 18.2 Å². The second kappa shape index (κ2) is 7.18. The van der Waals surface area contributed by atoms with Crippen LogP contribution in [-0.2, 0) is 21.2 Å². The average Bonchev–Trinajstić information content (AvgIpc) is 2.54. The molecule has 0 fully saturated rings. The molecule has 0 bridgehead atoms. The number of nitrogens with zero attached hydrogens (tertiary/aromatic N) is 1. The van der Waals surface area contributed by atoms with Crippen molar-refractivity contribution in [3.05, 3.63) is 65.7 Å². The van der Waals surface area contributed by atoms with Gasteiger partial charge in [-0.15, -0.1) is 0 Å². The molecule has 0 radical (unpaired) electrons. The molecule has 0 saturated carbocycles. The highest BCUT2D eigenvalue weighted by Gasteiger charge is 2.25. The minimum atomic E-state index is -3.87. The first-order valence-electron chi connectivity index (χ1n) is 6.99. The van der Waals surface area contributed by atoms with Crippen LogP contribution in [0.5, 0.6) is 0 Å². The largest absolute Gasteiger partial charge is 0.281 e. The molecule has 1 atom stereocenters. The summed E-state index contributed by atoms with van der Waals surface area (Å²) in [5.74, 6) is -0.815. The van der Waals surface area contributed by atoms with E-state index in [1.807, 2.05) is 13.0 Å². The number of carbonyl (C=O) groups is 1. The number of nitriles is 1. The van der Waals surface area contributed by atoms with E-state index in [2.05, 4.69) is 4.72 Å². The molecule has 5 nitrogen and oxygen atoms in total. The van der Waals surface area contributed by atoms with Crippen molar-refractivity contribution in [3.63, 3.8) is 0 Å². The number of ketones is 1. The predicted molar refractivity (Wildman–Crippen MR) is 86.1 cm³/mol. The maximum atomic E-state index is 12.4. The van der Waals surface area contributed by atoms with Crippen LogP contribution < -0.4 is 4.72 Å². The first-order valence-corrected chi connectivity index (χ1v) is 8.47. The Kier molecular flexibility index (Phi) is 5.27. The molecule has 23 heavy (non-hydrogen) atoms. The molecular formula is C17H16N2O3S. The maximum Gasteiger partial charge on any atom is 0.250 e. The van der Waals surface area contributed by atoms with Crippen molar-refractivity contribution < 1.29 is 13.2 Å². The van der Waals surface area contributed by atoms with Gasteiger partial charge in [-0.2, -0.15) is 9.98 Å². The molecule has 0 spiro atoms. The van der Waals surface area contributed by atoms with E-state index in [-0.39, 0.29) is 11.3 Å². The van der Waals surface area contributed by atoms with Crippen LogP contribution in [0.2, 0.25) is 0 Å². The lowest BCUT2D eigenvalue weighted by molar-refractivity contribution is -0.115. The second-order valence-electron chi connectivity index (χ2n) is 5.15. The van der Waals surface area contributed by atoms with Crippen molar-refractivity contribution in [2.45, 2.75) is 24.3 Å². The summed E-state index contributed by atoms with van der Waals surface area (Å²) in [6.07, 6.45) is 0.123. The Morgan fingerprint density at radius 1 is 1.13 bits per heavy atom. The number of hydrogen-bond donors (Lipinski definition) is 1. The number of Topliss-reactive ketones (excluding diaryl/α,β-unsaturated/α-hetero) is 1.